The summed E-state index contributed by atoms with van der Waals surface area (Å²) in [5.41, 5.74) is 0.940. The van der Waals surface area contributed by atoms with Crippen molar-refractivity contribution in [2.45, 2.75) is 6.42 Å². The van der Waals surface area contributed by atoms with E-state index < -0.39 is 0 Å². The second kappa shape index (κ2) is 6.38. The van der Waals surface area contributed by atoms with Crippen molar-refractivity contribution in [2.24, 2.45) is 0 Å². The lowest BCUT2D eigenvalue weighted by molar-refractivity contribution is 0.0958. The van der Waals surface area contributed by atoms with Crippen LogP contribution in [0, 0.1) is 0 Å². The van der Waals surface area contributed by atoms with E-state index in [1.54, 1.807) is 23.0 Å². The van der Waals surface area contributed by atoms with Gasteiger partial charge in [-0.25, -0.2) is 9.67 Å². The summed E-state index contributed by atoms with van der Waals surface area (Å²) >= 11 is 8.61. The zero-order chi connectivity index (χ0) is 14.7. The molecule has 1 amide bonds. The molecule has 0 radical (unpaired) electrons. The van der Waals surface area contributed by atoms with Gasteiger partial charge in [0.2, 0.25) is 5.13 Å². The van der Waals surface area contributed by atoms with Gasteiger partial charge in [-0.3, -0.25) is 4.79 Å². The van der Waals surface area contributed by atoms with Crippen LogP contribution in [0.15, 0.2) is 36.0 Å². The Morgan fingerprint density at radius 1 is 1.43 bits per heavy atom. The molecule has 0 aliphatic rings. The Labute approximate surface area is 134 Å². The quantitative estimate of drug-likeness (QED) is 0.778. The van der Waals surface area contributed by atoms with Crippen molar-refractivity contribution in [2.75, 3.05) is 6.54 Å². The average molecular weight is 339 g/mol. The second-order valence-electron chi connectivity index (χ2n) is 4.18. The zero-order valence-electron chi connectivity index (χ0n) is 10.8. The summed E-state index contributed by atoms with van der Waals surface area (Å²) in [7, 11) is 0. The van der Waals surface area contributed by atoms with E-state index in [0.717, 1.165) is 10.8 Å². The maximum absolute atomic E-state index is 11.8. The smallest absolute Gasteiger partial charge is 0.261 e. The van der Waals surface area contributed by atoms with Crippen molar-refractivity contribution in [3.8, 4) is 5.13 Å². The molecule has 0 saturated carbocycles. The summed E-state index contributed by atoms with van der Waals surface area (Å²) in [6.07, 6.45) is 4.25. The Hall–Kier alpha value is -1.70. The fourth-order valence-electron chi connectivity index (χ4n) is 1.73. The van der Waals surface area contributed by atoms with E-state index in [9.17, 15) is 4.79 Å². The number of aromatic nitrogens is 3. The molecule has 1 N–H and O–H groups in total. The number of halogens is 1. The highest BCUT2D eigenvalue weighted by molar-refractivity contribution is 7.18. The Balaban J connectivity index is 1.53. The third-order valence-corrected chi connectivity index (χ3v) is 4.81. The summed E-state index contributed by atoms with van der Waals surface area (Å²) in [5.74, 6) is -0.102. The van der Waals surface area contributed by atoms with Gasteiger partial charge in [0.25, 0.3) is 5.91 Å². The molecule has 0 spiro atoms. The zero-order valence-corrected chi connectivity index (χ0v) is 13.2. The Morgan fingerprint density at radius 3 is 3.05 bits per heavy atom. The fraction of sp³-hybridized carbons (Fsp3) is 0.154. The molecule has 108 valence electrons. The van der Waals surface area contributed by atoms with Crippen molar-refractivity contribution >= 4 is 40.2 Å². The van der Waals surface area contributed by atoms with E-state index in [2.05, 4.69) is 15.4 Å². The fourth-order valence-corrected chi connectivity index (χ4v) is 3.48. The third-order valence-electron chi connectivity index (χ3n) is 2.70. The molecule has 0 bridgehead atoms. The first-order chi connectivity index (χ1) is 10.2. The molecule has 0 aliphatic heterocycles. The Morgan fingerprint density at radius 2 is 2.33 bits per heavy atom. The van der Waals surface area contributed by atoms with Gasteiger partial charge in [-0.2, -0.15) is 5.10 Å². The minimum atomic E-state index is -0.102. The lowest BCUT2D eigenvalue weighted by Gasteiger charge is -2.01. The van der Waals surface area contributed by atoms with Gasteiger partial charge >= 0.3 is 0 Å². The van der Waals surface area contributed by atoms with Gasteiger partial charge < -0.3 is 5.32 Å². The number of nitrogens with one attached hydrogen (secondary N) is 1. The van der Waals surface area contributed by atoms with Gasteiger partial charge in [0.05, 0.1) is 14.9 Å². The van der Waals surface area contributed by atoms with Crippen molar-refractivity contribution in [3.63, 3.8) is 0 Å². The van der Waals surface area contributed by atoms with Crippen molar-refractivity contribution < 1.29 is 4.79 Å². The lowest BCUT2D eigenvalue weighted by atomic mass is 10.3. The number of hydrogen-bond donors (Lipinski definition) is 1. The van der Waals surface area contributed by atoms with Crippen LogP contribution in [0.5, 0.6) is 0 Å². The van der Waals surface area contributed by atoms with E-state index in [-0.39, 0.29) is 5.91 Å². The molecule has 21 heavy (non-hydrogen) atoms. The number of carbonyl (C=O) groups is 1. The summed E-state index contributed by atoms with van der Waals surface area (Å²) in [6.45, 7) is 0.538. The summed E-state index contributed by atoms with van der Waals surface area (Å²) in [5, 5.41) is 9.80. The molecular weight excluding hydrogens is 328 g/mol. The van der Waals surface area contributed by atoms with Crippen LogP contribution >= 0.6 is 34.3 Å². The largest absolute Gasteiger partial charge is 0.351 e. The van der Waals surface area contributed by atoms with Gasteiger partial charge in [0.15, 0.2) is 0 Å². The molecular formula is C13H11ClN4OS2. The topological polar surface area (TPSA) is 59.8 Å². The van der Waals surface area contributed by atoms with Crippen molar-refractivity contribution in [1.29, 1.82) is 0 Å². The summed E-state index contributed by atoms with van der Waals surface area (Å²) < 4.78 is 2.34. The van der Waals surface area contributed by atoms with Crippen LogP contribution in [0.1, 0.15) is 15.4 Å². The van der Waals surface area contributed by atoms with Crippen molar-refractivity contribution in [3.05, 3.63) is 50.9 Å². The van der Waals surface area contributed by atoms with E-state index in [4.69, 9.17) is 11.6 Å². The van der Waals surface area contributed by atoms with Crippen LogP contribution in [-0.4, -0.2) is 27.2 Å². The predicted octanol–water partition coefficient (Wildman–Crippen LogP) is 3.02. The molecule has 3 rings (SSSR count). The monoisotopic (exact) mass is 338 g/mol. The molecule has 0 fully saturated rings. The molecule has 3 aromatic rings. The minimum Gasteiger partial charge on any atom is -0.351 e. The molecule has 0 unspecified atom stereocenters. The normalized spacial score (nSPS) is 10.7. The molecule has 5 nitrogen and oxygen atoms in total. The van der Waals surface area contributed by atoms with Gasteiger partial charge in [0.1, 0.15) is 0 Å². The predicted molar refractivity (Wildman–Crippen MR) is 84.6 cm³/mol. The molecule has 3 heterocycles. The van der Waals surface area contributed by atoms with Crippen LogP contribution in [0.3, 0.4) is 0 Å². The van der Waals surface area contributed by atoms with Gasteiger partial charge in [-0.1, -0.05) is 11.6 Å². The third kappa shape index (κ3) is 3.49. The van der Waals surface area contributed by atoms with Crippen LogP contribution in [0.25, 0.3) is 5.13 Å². The van der Waals surface area contributed by atoms with Gasteiger partial charge in [-0.05, 0) is 18.2 Å². The molecule has 3 aromatic heterocycles. The first-order valence-electron chi connectivity index (χ1n) is 6.20. The molecule has 0 saturated heterocycles. The van der Waals surface area contributed by atoms with E-state index >= 15 is 0 Å². The Kier molecular flexibility index (Phi) is 4.33. The number of rotatable bonds is 5. The molecule has 0 atom stereocenters. The van der Waals surface area contributed by atoms with Crippen molar-refractivity contribution in [1.82, 2.24) is 20.1 Å². The van der Waals surface area contributed by atoms with E-state index in [1.165, 1.54) is 22.7 Å². The first-order valence-corrected chi connectivity index (χ1v) is 8.28. The van der Waals surface area contributed by atoms with Gasteiger partial charge in [0, 0.05) is 30.7 Å². The van der Waals surface area contributed by atoms with Crippen LogP contribution in [-0.2, 0) is 6.42 Å². The van der Waals surface area contributed by atoms with Crippen LogP contribution in [0.2, 0.25) is 4.34 Å². The molecule has 8 heteroatoms. The standard InChI is InChI=1S/C13H11ClN4OS2/c14-11-3-2-10(21-11)12(19)15-6-4-9-8-20-13(17-9)18-7-1-5-16-18/h1-3,5,7-8H,4,6H2,(H,15,19). The number of amides is 1. The first kappa shape index (κ1) is 14.2. The molecule has 0 aliphatic carbocycles. The number of hydrogen-bond acceptors (Lipinski definition) is 5. The van der Waals surface area contributed by atoms with E-state index in [1.807, 2.05) is 17.6 Å². The summed E-state index contributed by atoms with van der Waals surface area (Å²) in [6, 6.07) is 5.30. The lowest BCUT2D eigenvalue weighted by Crippen LogP contribution is -2.24. The number of thiophene rings is 1. The maximum atomic E-state index is 11.8. The highest BCUT2D eigenvalue weighted by Crippen LogP contribution is 2.21. The highest BCUT2D eigenvalue weighted by Gasteiger charge is 2.09. The van der Waals surface area contributed by atoms with E-state index in [0.29, 0.717) is 22.2 Å². The van der Waals surface area contributed by atoms with Crippen LogP contribution in [0.4, 0.5) is 0 Å². The number of carbonyl (C=O) groups excluding carboxylic acids is 1. The Bertz CT molecular complexity index is 735. The van der Waals surface area contributed by atoms with Gasteiger partial charge in [-0.15, -0.1) is 22.7 Å². The molecule has 0 aromatic carbocycles. The number of thiazole rings is 1. The average Bonchev–Trinajstić information content (AvgIpc) is 3.19. The van der Waals surface area contributed by atoms with Crippen LogP contribution < -0.4 is 5.32 Å². The maximum Gasteiger partial charge on any atom is 0.261 e. The second-order valence-corrected chi connectivity index (χ2v) is 6.73. The number of nitrogens with zero attached hydrogens (tertiary/aromatic N) is 3. The summed E-state index contributed by atoms with van der Waals surface area (Å²) in [4.78, 5) is 16.9. The SMILES string of the molecule is O=C(NCCc1csc(-n2cccn2)n1)c1ccc(Cl)s1. The highest BCUT2D eigenvalue weighted by atomic mass is 35.5. The minimum absolute atomic E-state index is 0.102.